The van der Waals surface area contributed by atoms with Crippen molar-refractivity contribution in [3.63, 3.8) is 0 Å². The molecule has 2 aromatic carbocycles. The maximum Gasteiger partial charge on any atom is 0.130 e. The number of rotatable bonds is 5. The number of hydrogen-bond donors (Lipinski definition) is 1. The molecule has 0 unspecified atom stereocenters. The summed E-state index contributed by atoms with van der Waals surface area (Å²) in [7, 11) is 0. The fourth-order valence-corrected chi connectivity index (χ4v) is 3.09. The zero-order chi connectivity index (χ0) is 15.4. The summed E-state index contributed by atoms with van der Waals surface area (Å²) < 4.78 is 21.4. The van der Waals surface area contributed by atoms with Crippen LogP contribution in [0.1, 0.15) is 16.7 Å². The quantitative estimate of drug-likeness (QED) is 0.763. The van der Waals surface area contributed by atoms with Gasteiger partial charge in [-0.25, -0.2) is 4.39 Å². The maximum absolute atomic E-state index is 13.8. The Morgan fingerprint density at radius 1 is 1.10 bits per heavy atom. The van der Waals surface area contributed by atoms with Crippen molar-refractivity contribution in [3.8, 4) is 5.75 Å². The van der Waals surface area contributed by atoms with E-state index in [0.717, 1.165) is 27.8 Å². The van der Waals surface area contributed by atoms with Gasteiger partial charge in [-0.2, -0.15) is 0 Å². The third kappa shape index (κ3) is 4.28. The Bertz CT molecular complexity index is 646. The van der Waals surface area contributed by atoms with Crippen molar-refractivity contribution in [3.05, 3.63) is 61.8 Å². The zero-order valence-electron chi connectivity index (χ0n) is 11.6. The molecule has 0 saturated heterocycles. The summed E-state index contributed by atoms with van der Waals surface area (Å²) >= 11 is 6.72. The highest BCUT2D eigenvalue weighted by Crippen LogP contribution is 2.29. The molecule has 0 fully saturated rings. The molecule has 0 radical (unpaired) electrons. The number of nitrogens with two attached hydrogens (primary N) is 1. The third-order valence-electron chi connectivity index (χ3n) is 3.12. The van der Waals surface area contributed by atoms with Crippen molar-refractivity contribution in [1.82, 2.24) is 0 Å². The Balaban J connectivity index is 2.23. The minimum absolute atomic E-state index is 0.194. The van der Waals surface area contributed by atoms with Gasteiger partial charge in [0.2, 0.25) is 0 Å². The lowest BCUT2D eigenvalue weighted by atomic mass is 10.1. The van der Waals surface area contributed by atoms with Gasteiger partial charge in [-0.15, -0.1) is 0 Å². The summed E-state index contributed by atoms with van der Waals surface area (Å²) in [6.07, 6.45) is 0.721. The highest BCUT2D eigenvalue weighted by Gasteiger charge is 2.10. The van der Waals surface area contributed by atoms with Crippen LogP contribution in [0.15, 0.2) is 39.3 Å². The Morgan fingerprint density at radius 3 is 2.52 bits per heavy atom. The van der Waals surface area contributed by atoms with Crippen LogP contribution in [0, 0.1) is 12.7 Å². The highest BCUT2D eigenvalue weighted by atomic mass is 79.9. The lowest BCUT2D eigenvalue weighted by Gasteiger charge is -2.15. The normalized spacial score (nSPS) is 10.7. The molecule has 5 heteroatoms. The van der Waals surface area contributed by atoms with Crippen LogP contribution in [-0.4, -0.2) is 6.54 Å². The van der Waals surface area contributed by atoms with E-state index in [1.165, 1.54) is 6.07 Å². The van der Waals surface area contributed by atoms with Gasteiger partial charge in [-0.05, 0) is 55.3 Å². The van der Waals surface area contributed by atoms with E-state index in [1.807, 2.05) is 19.1 Å². The number of hydrogen-bond acceptors (Lipinski definition) is 2. The van der Waals surface area contributed by atoms with Gasteiger partial charge in [0.1, 0.15) is 18.2 Å². The minimum atomic E-state index is -0.278. The minimum Gasteiger partial charge on any atom is -0.488 e. The van der Waals surface area contributed by atoms with Crippen molar-refractivity contribution in [2.24, 2.45) is 5.73 Å². The van der Waals surface area contributed by atoms with Crippen molar-refractivity contribution >= 4 is 31.9 Å². The van der Waals surface area contributed by atoms with Crippen LogP contribution >= 0.6 is 31.9 Å². The first kappa shape index (κ1) is 16.5. The Labute approximate surface area is 140 Å². The molecule has 0 aliphatic carbocycles. The second-order valence-corrected chi connectivity index (χ2v) is 6.61. The molecule has 0 bridgehead atoms. The Hall–Kier alpha value is -0.910. The zero-order valence-corrected chi connectivity index (χ0v) is 14.8. The SMILES string of the molecule is Cc1cc(Br)cc(CCN)c1OCc1ccc(Br)cc1F. The van der Waals surface area contributed by atoms with Crippen LogP contribution < -0.4 is 10.5 Å². The summed E-state index contributed by atoms with van der Waals surface area (Å²) in [4.78, 5) is 0. The van der Waals surface area contributed by atoms with E-state index >= 15 is 0 Å². The van der Waals surface area contributed by atoms with Gasteiger partial charge >= 0.3 is 0 Å². The van der Waals surface area contributed by atoms with E-state index in [9.17, 15) is 4.39 Å². The number of aryl methyl sites for hydroxylation is 1. The predicted molar refractivity (Wildman–Crippen MR) is 90.1 cm³/mol. The van der Waals surface area contributed by atoms with Crippen molar-refractivity contribution in [2.75, 3.05) is 6.54 Å². The average Bonchev–Trinajstić information content (AvgIpc) is 2.40. The first-order chi connectivity index (χ1) is 10.0. The summed E-state index contributed by atoms with van der Waals surface area (Å²) in [6, 6.07) is 8.93. The smallest absolute Gasteiger partial charge is 0.130 e. The first-order valence-corrected chi connectivity index (χ1v) is 8.15. The van der Waals surface area contributed by atoms with E-state index in [-0.39, 0.29) is 12.4 Å². The molecule has 2 nitrogen and oxygen atoms in total. The van der Waals surface area contributed by atoms with Crippen molar-refractivity contribution in [2.45, 2.75) is 20.0 Å². The van der Waals surface area contributed by atoms with Crippen LogP contribution in [-0.2, 0) is 13.0 Å². The molecule has 0 aromatic heterocycles. The molecule has 0 saturated carbocycles. The molecule has 0 atom stereocenters. The molecule has 21 heavy (non-hydrogen) atoms. The number of halogens is 3. The Kier molecular flexibility index (Phi) is 5.79. The summed E-state index contributed by atoms with van der Waals surface area (Å²) in [5.41, 5.74) is 8.20. The van der Waals surface area contributed by atoms with Gasteiger partial charge in [0.25, 0.3) is 0 Å². The lowest BCUT2D eigenvalue weighted by Crippen LogP contribution is -2.07. The van der Waals surface area contributed by atoms with Crippen LogP contribution in [0.4, 0.5) is 4.39 Å². The molecule has 0 heterocycles. The highest BCUT2D eigenvalue weighted by molar-refractivity contribution is 9.10. The van der Waals surface area contributed by atoms with Gasteiger partial charge in [0.15, 0.2) is 0 Å². The van der Waals surface area contributed by atoms with E-state index in [1.54, 1.807) is 12.1 Å². The summed E-state index contributed by atoms with van der Waals surface area (Å²) in [5.74, 6) is 0.505. The van der Waals surface area contributed by atoms with E-state index in [4.69, 9.17) is 10.5 Å². The molecule has 2 aromatic rings. The maximum atomic E-state index is 13.8. The number of ether oxygens (including phenoxy) is 1. The van der Waals surface area contributed by atoms with Gasteiger partial charge in [-0.3, -0.25) is 0 Å². The molecule has 0 aliphatic heterocycles. The van der Waals surface area contributed by atoms with Crippen LogP contribution in [0.5, 0.6) is 5.75 Å². The molecule has 2 rings (SSSR count). The average molecular weight is 417 g/mol. The van der Waals surface area contributed by atoms with Crippen LogP contribution in [0.3, 0.4) is 0 Å². The molecular weight excluding hydrogens is 401 g/mol. The standard InChI is InChI=1S/C16H16Br2FNO/c1-10-6-14(18)7-11(4-5-20)16(10)21-9-12-2-3-13(17)8-15(12)19/h2-3,6-8H,4-5,9,20H2,1H3. The van der Waals surface area contributed by atoms with Crippen molar-refractivity contribution < 1.29 is 9.13 Å². The van der Waals surface area contributed by atoms with Gasteiger partial charge in [0, 0.05) is 14.5 Å². The molecule has 2 N–H and O–H groups in total. The topological polar surface area (TPSA) is 35.2 Å². The van der Waals surface area contributed by atoms with Gasteiger partial charge in [0.05, 0.1) is 0 Å². The second kappa shape index (κ2) is 7.38. The monoisotopic (exact) mass is 415 g/mol. The van der Waals surface area contributed by atoms with Crippen LogP contribution in [0.25, 0.3) is 0 Å². The van der Waals surface area contributed by atoms with E-state index in [2.05, 4.69) is 31.9 Å². The summed E-state index contributed by atoms with van der Waals surface area (Å²) in [5, 5.41) is 0. The largest absolute Gasteiger partial charge is 0.488 e. The number of benzene rings is 2. The summed E-state index contributed by atoms with van der Waals surface area (Å²) in [6.45, 7) is 2.70. The molecule has 0 aliphatic rings. The molecular formula is C16H16Br2FNO. The van der Waals surface area contributed by atoms with Gasteiger partial charge in [-0.1, -0.05) is 37.9 Å². The lowest BCUT2D eigenvalue weighted by molar-refractivity contribution is 0.294. The second-order valence-electron chi connectivity index (χ2n) is 4.77. The fourth-order valence-electron chi connectivity index (χ4n) is 2.14. The van der Waals surface area contributed by atoms with Gasteiger partial charge < -0.3 is 10.5 Å². The molecule has 112 valence electrons. The Morgan fingerprint density at radius 2 is 1.86 bits per heavy atom. The fraction of sp³-hybridized carbons (Fsp3) is 0.250. The third-order valence-corrected chi connectivity index (χ3v) is 4.07. The molecule has 0 amide bonds. The predicted octanol–water partition coefficient (Wildman–Crippen LogP) is 4.74. The van der Waals surface area contributed by atoms with E-state index < -0.39 is 0 Å². The first-order valence-electron chi connectivity index (χ1n) is 6.57. The van der Waals surface area contributed by atoms with E-state index in [0.29, 0.717) is 16.6 Å². The van der Waals surface area contributed by atoms with Crippen molar-refractivity contribution in [1.29, 1.82) is 0 Å². The van der Waals surface area contributed by atoms with Crippen LogP contribution in [0.2, 0.25) is 0 Å². The molecule has 0 spiro atoms.